The van der Waals surface area contributed by atoms with Gasteiger partial charge in [0.2, 0.25) is 0 Å². The standard InChI is InChI=1S/C12H16N2O5/c1-3-9(7-19-2)13-12(16)8-4-5-11(15)10(6-8)14(17)18/h4-6,9,15H,3,7H2,1-2H3,(H,13,16)/t9-/m0/s1. The Hall–Kier alpha value is -2.15. The Morgan fingerprint density at radius 3 is 2.79 bits per heavy atom. The molecule has 7 heteroatoms. The molecule has 1 atom stereocenters. The Kier molecular flexibility index (Phi) is 5.25. The smallest absolute Gasteiger partial charge is 0.311 e. The first-order valence-corrected chi connectivity index (χ1v) is 5.76. The number of nitro benzene ring substituents is 1. The number of hydrogen-bond donors (Lipinski definition) is 2. The lowest BCUT2D eigenvalue weighted by atomic mass is 10.1. The summed E-state index contributed by atoms with van der Waals surface area (Å²) in [6.07, 6.45) is 0.680. The number of nitro groups is 1. The maximum absolute atomic E-state index is 11.9. The van der Waals surface area contributed by atoms with Crippen LogP contribution in [0, 0.1) is 10.1 Å². The van der Waals surface area contributed by atoms with Gasteiger partial charge in [-0.15, -0.1) is 0 Å². The molecule has 7 nitrogen and oxygen atoms in total. The van der Waals surface area contributed by atoms with E-state index in [-0.39, 0.29) is 11.6 Å². The topological polar surface area (TPSA) is 102 Å². The molecule has 104 valence electrons. The molecule has 0 saturated carbocycles. The fraction of sp³-hybridized carbons (Fsp3) is 0.417. The van der Waals surface area contributed by atoms with Gasteiger partial charge in [-0.1, -0.05) is 6.92 Å². The van der Waals surface area contributed by atoms with Gasteiger partial charge in [-0.2, -0.15) is 0 Å². The van der Waals surface area contributed by atoms with Crippen molar-refractivity contribution < 1.29 is 19.6 Å². The Bertz CT molecular complexity index is 475. The van der Waals surface area contributed by atoms with E-state index < -0.39 is 22.3 Å². The number of carbonyl (C=O) groups is 1. The molecule has 1 aromatic rings. The lowest BCUT2D eigenvalue weighted by Crippen LogP contribution is -2.37. The van der Waals surface area contributed by atoms with Gasteiger partial charge >= 0.3 is 5.69 Å². The van der Waals surface area contributed by atoms with E-state index in [1.54, 1.807) is 0 Å². The van der Waals surface area contributed by atoms with Gasteiger partial charge < -0.3 is 15.2 Å². The number of carbonyl (C=O) groups excluding carboxylic acids is 1. The van der Waals surface area contributed by atoms with Crippen LogP contribution in [0.4, 0.5) is 5.69 Å². The van der Waals surface area contributed by atoms with E-state index in [0.717, 1.165) is 12.1 Å². The summed E-state index contributed by atoms with van der Waals surface area (Å²) in [5.74, 6) is -0.905. The van der Waals surface area contributed by atoms with Crippen molar-refractivity contribution in [3.8, 4) is 5.75 Å². The largest absolute Gasteiger partial charge is 0.502 e. The number of hydrogen-bond acceptors (Lipinski definition) is 5. The number of aromatic hydroxyl groups is 1. The summed E-state index contributed by atoms with van der Waals surface area (Å²) < 4.78 is 4.95. The van der Waals surface area contributed by atoms with E-state index >= 15 is 0 Å². The molecule has 0 radical (unpaired) electrons. The number of rotatable bonds is 6. The summed E-state index contributed by atoms with van der Waals surface area (Å²) in [5.41, 5.74) is -0.369. The molecule has 19 heavy (non-hydrogen) atoms. The van der Waals surface area contributed by atoms with E-state index in [1.807, 2.05) is 6.92 Å². The molecule has 0 heterocycles. The molecule has 0 saturated heterocycles. The Balaban J connectivity index is 2.88. The number of amides is 1. The average Bonchev–Trinajstić information content (AvgIpc) is 2.38. The molecule has 0 aliphatic carbocycles. The second kappa shape index (κ2) is 6.69. The summed E-state index contributed by atoms with van der Waals surface area (Å²) in [6, 6.07) is 3.34. The minimum atomic E-state index is -0.738. The average molecular weight is 268 g/mol. The quantitative estimate of drug-likeness (QED) is 0.600. The maximum atomic E-state index is 11.9. The van der Waals surface area contributed by atoms with Gasteiger partial charge in [-0.3, -0.25) is 14.9 Å². The van der Waals surface area contributed by atoms with Gasteiger partial charge in [0.1, 0.15) is 0 Å². The predicted octanol–water partition coefficient (Wildman–Crippen LogP) is 1.46. The summed E-state index contributed by atoms with van der Waals surface area (Å²) in [6.45, 7) is 2.26. The van der Waals surface area contributed by atoms with Gasteiger partial charge in [0, 0.05) is 18.7 Å². The number of phenols is 1. The van der Waals surface area contributed by atoms with Crippen molar-refractivity contribution in [2.24, 2.45) is 0 Å². The summed E-state index contributed by atoms with van der Waals surface area (Å²) in [7, 11) is 1.53. The van der Waals surface area contributed by atoms with Crippen molar-refractivity contribution >= 4 is 11.6 Å². The first-order valence-electron chi connectivity index (χ1n) is 5.76. The van der Waals surface area contributed by atoms with Gasteiger partial charge in [0.05, 0.1) is 17.6 Å². The fourth-order valence-electron chi connectivity index (χ4n) is 1.54. The van der Waals surface area contributed by atoms with Crippen LogP contribution < -0.4 is 5.32 Å². The zero-order valence-corrected chi connectivity index (χ0v) is 10.8. The maximum Gasteiger partial charge on any atom is 0.311 e. The molecule has 0 bridgehead atoms. The first-order chi connectivity index (χ1) is 8.99. The van der Waals surface area contributed by atoms with Crippen LogP contribution in [0.2, 0.25) is 0 Å². The van der Waals surface area contributed by atoms with E-state index in [9.17, 15) is 20.0 Å². The molecule has 2 N–H and O–H groups in total. The first kappa shape index (κ1) is 14.9. The second-order valence-corrected chi connectivity index (χ2v) is 3.99. The highest BCUT2D eigenvalue weighted by Crippen LogP contribution is 2.26. The van der Waals surface area contributed by atoms with Crippen LogP contribution in [0.3, 0.4) is 0 Å². The molecule has 0 fully saturated rings. The monoisotopic (exact) mass is 268 g/mol. The molecule has 0 aromatic heterocycles. The number of phenolic OH excluding ortho intramolecular Hbond substituents is 1. The highest BCUT2D eigenvalue weighted by molar-refractivity contribution is 5.95. The Labute approximate surface area is 110 Å². The number of methoxy groups -OCH3 is 1. The molecule has 0 spiro atoms. The van der Waals surface area contributed by atoms with Crippen LogP contribution >= 0.6 is 0 Å². The van der Waals surface area contributed by atoms with Gasteiger partial charge in [0.25, 0.3) is 5.91 Å². The molecule has 0 aliphatic rings. The van der Waals surface area contributed by atoms with Crippen LogP contribution in [0.5, 0.6) is 5.75 Å². The van der Waals surface area contributed by atoms with Gasteiger partial charge in [0.15, 0.2) is 5.75 Å². The zero-order chi connectivity index (χ0) is 14.4. The van der Waals surface area contributed by atoms with E-state index in [1.165, 1.54) is 13.2 Å². The lowest BCUT2D eigenvalue weighted by molar-refractivity contribution is -0.385. The minimum Gasteiger partial charge on any atom is -0.502 e. The van der Waals surface area contributed by atoms with Crippen molar-refractivity contribution in [2.45, 2.75) is 19.4 Å². The summed E-state index contributed by atoms with van der Waals surface area (Å²) >= 11 is 0. The van der Waals surface area contributed by atoms with Crippen LogP contribution in [0.15, 0.2) is 18.2 Å². The van der Waals surface area contributed by atoms with Crippen LogP contribution in [-0.4, -0.2) is 35.7 Å². The Morgan fingerprint density at radius 2 is 2.26 bits per heavy atom. The van der Waals surface area contributed by atoms with Gasteiger partial charge in [-0.25, -0.2) is 0 Å². The summed E-state index contributed by atoms with van der Waals surface area (Å²) in [5, 5.41) is 22.7. The van der Waals surface area contributed by atoms with Crippen molar-refractivity contribution in [3.63, 3.8) is 0 Å². The number of nitrogens with one attached hydrogen (secondary N) is 1. The van der Waals surface area contributed by atoms with Crippen LogP contribution in [-0.2, 0) is 4.74 Å². The fourth-order valence-corrected chi connectivity index (χ4v) is 1.54. The molecule has 1 rings (SSSR count). The molecule has 0 aliphatic heterocycles. The Morgan fingerprint density at radius 1 is 1.58 bits per heavy atom. The zero-order valence-electron chi connectivity index (χ0n) is 10.8. The van der Waals surface area contributed by atoms with E-state index in [4.69, 9.17) is 4.74 Å². The molecule has 0 unspecified atom stereocenters. The van der Waals surface area contributed by atoms with Crippen molar-refractivity contribution in [3.05, 3.63) is 33.9 Å². The highest BCUT2D eigenvalue weighted by atomic mass is 16.6. The van der Waals surface area contributed by atoms with Crippen molar-refractivity contribution in [1.82, 2.24) is 5.32 Å². The SMILES string of the molecule is CC[C@@H](COC)NC(=O)c1ccc(O)c([N+](=O)[O-])c1. The third kappa shape index (κ3) is 3.92. The highest BCUT2D eigenvalue weighted by Gasteiger charge is 2.18. The molecular formula is C12H16N2O5. The van der Waals surface area contributed by atoms with Crippen LogP contribution in [0.25, 0.3) is 0 Å². The third-order valence-corrected chi connectivity index (χ3v) is 2.63. The van der Waals surface area contributed by atoms with Crippen molar-refractivity contribution in [1.29, 1.82) is 0 Å². The predicted molar refractivity (Wildman–Crippen MR) is 68.2 cm³/mol. The summed E-state index contributed by atoms with van der Waals surface area (Å²) in [4.78, 5) is 21.8. The number of benzene rings is 1. The minimum absolute atomic E-state index is 0.124. The third-order valence-electron chi connectivity index (χ3n) is 2.63. The molecule has 1 amide bonds. The van der Waals surface area contributed by atoms with Crippen LogP contribution in [0.1, 0.15) is 23.7 Å². The van der Waals surface area contributed by atoms with E-state index in [0.29, 0.717) is 13.0 Å². The second-order valence-electron chi connectivity index (χ2n) is 3.99. The van der Waals surface area contributed by atoms with E-state index in [2.05, 4.69) is 5.32 Å². The van der Waals surface area contributed by atoms with Crippen molar-refractivity contribution in [2.75, 3.05) is 13.7 Å². The molecule has 1 aromatic carbocycles. The normalized spacial score (nSPS) is 11.9. The number of nitrogens with zero attached hydrogens (tertiary/aromatic N) is 1. The number of ether oxygens (including phenoxy) is 1. The lowest BCUT2D eigenvalue weighted by Gasteiger charge is -2.15. The van der Waals surface area contributed by atoms with Gasteiger partial charge in [-0.05, 0) is 18.6 Å². The molecular weight excluding hydrogens is 252 g/mol.